The van der Waals surface area contributed by atoms with E-state index in [4.69, 9.17) is 9.47 Å². The van der Waals surface area contributed by atoms with Crippen molar-refractivity contribution in [2.45, 2.75) is 52.4 Å². The van der Waals surface area contributed by atoms with Crippen LogP contribution in [0.3, 0.4) is 0 Å². The van der Waals surface area contributed by atoms with Crippen LogP contribution in [0.25, 0.3) is 0 Å². The maximum absolute atomic E-state index is 12.5. The van der Waals surface area contributed by atoms with Crippen LogP contribution in [0, 0.1) is 11.8 Å². The molecule has 0 radical (unpaired) electrons. The van der Waals surface area contributed by atoms with Gasteiger partial charge in [-0.25, -0.2) is 0 Å². The van der Waals surface area contributed by atoms with E-state index in [2.05, 4.69) is 30.9 Å². The summed E-state index contributed by atoms with van der Waals surface area (Å²) in [5, 5.41) is 0. The number of carbonyl (C=O) groups excluding carboxylic acids is 1. The predicted molar refractivity (Wildman–Crippen MR) is 101 cm³/mol. The van der Waals surface area contributed by atoms with Crippen LogP contribution in [-0.2, 0) is 11.2 Å². The van der Waals surface area contributed by atoms with Crippen LogP contribution in [0.1, 0.15) is 51.5 Å². The standard InChI is InChI=1S/C21H33NO3/c1-5-18(6-2)21(23)22-11-9-16(10-12-22)7-8-17-13-19(24-3)15-20(14-17)25-4/h13-16,18H,5-12H2,1-4H3. The number of hydrogen-bond donors (Lipinski definition) is 0. The molecule has 0 bridgehead atoms. The Morgan fingerprint density at radius 2 is 1.64 bits per heavy atom. The second-order valence-electron chi connectivity index (χ2n) is 7.04. The summed E-state index contributed by atoms with van der Waals surface area (Å²) in [4.78, 5) is 14.6. The molecule has 0 atom stereocenters. The highest BCUT2D eigenvalue weighted by molar-refractivity contribution is 5.78. The van der Waals surface area contributed by atoms with E-state index < -0.39 is 0 Å². The Morgan fingerprint density at radius 1 is 1.08 bits per heavy atom. The summed E-state index contributed by atoms with van der Waals surface area (Å²) in [5.74, 6) is 2.96. The fourth-order valence-electron chi connectivity index (χ4n) is 3.72. The second kappa shape index (κ2) is 9.69. The molecule has 0 saturated carbocycles. The maximum atomic E-state index is 12.5. The van der Waals surface area contributed by atoms with Gasteiger partial charge in [-0.05, 0) is 62.1 Å². The number of likely N-dealkylation sites (tertiary alicyclic amines) is 1. The van der Waals surface area contributed by atoms with Crippen molar-refractivity contribution in [3.63, 3.8) is 0 Å². The molecule has 0 aromatic heterocycles. The number of rotatable bonds is 8. The van der Waals surface area contributed by atoms with E-state index in [1.807, 2.05) is 6.07 Å². The number of piperidine rings is 1. The SMILES string of the molecule is CCC(CC)C(=O)N1CCC(CCc2cc(OC)cc(OC)c2)CC1. The summed E-state index contributed by atoms with van der Waals surface area (Å²) in [6.45, 7) is 6.06. The smallest absolute Gasteiger partial charge is 0.225 e. The molecule has 1 heterocycles. The first-order chi connectivity index (χ1) is 12.1. The fourth-order valence-corrected chi connectivity index (χ4v) is 3.72. The van der Waals surface area contributed by atoms with Crippen LogP contribution in [-0.4, -0.2) is 38.1 Å². The van der Waals surface area contributed by atoms with Crippen molar-refractivity contribution < 1.29 is 14.3 Å². The molecule has 2 rings (SSSR count). The van der Waals surface area contributed by atoms with Gasteiger partial charge in [-0.3, -0.25) is 4.79 Å². The summed E-state index contributed by atoms with van der Waals surface area (Å²) in [6.07, 6.45) is 6.32. The van der Waals surface area contributed by atoms with Gasteiger partial charge < -0.3 is 14.4 Å². The van der Waals surface area contributed by atoms with Gasteiger partial charge in [-0.2, -0.15) is 0 Å². The lowest BCUT2D eigenvalue weighted by molar-refractivity contribution is -0.137. The minimum Gasteiger partial charge on any atom is -0.497 e. The van der Waals surface area contributed by atoms with Gasteiger partial charge in [0.2, 0.25) is 5.91 Å². The van der Waals surface area contributed by atoms with E-state index in [9.17, 15) is 4.79 Å². The van der Waals surface area contributed by atoms with Crippen molar-refractivity contribution in [1.82, 2.24) is 4.90 Å². The van der Waals surface area contributed by atoms with E-state index in [-0.39, 0.29) is 5.92 Å². The average Bonchev–Trinajstić information content (AvgIpc) is 2.67. The zero-order valence-corrected chi connectivity index (χ0v) is 16.2. The minimum absolute atomic E-state index is 0.209. The summed E-state index contributed by atoms with van der Waals surface area (Å²) in [6, 6.07) is 6.09. The van der Waals surface area contributed by atoms with E-state index in [0.29, 0.717) is 11.8 Å². The number of aryl methyl sites for hydroxylation is 1. The average molecular weight is 347 g/mol. The third kappa shape index (κ3) is 5.38. The fraction of sp³-hybridized carbons (Fsp3) is 0.667. The van der Waals surface area contributed by atoms with E-state index in [0.717, 1.165) is 63.1 Å². The molecule has 1 aromatic rings. The van der Waals surface area contributed by atoms with Crippen molar-refractivity contribution >= 4 is 5.91 Å². The minimum atomic E-state index is 0.209. The monoisotopic (exact) mass is 347 g/mol. The Labute approximate surface area is 152 Å². The quantitative estimate of drug-likeness (QED) is 0.703. The molecule has 0 unspecified atom stereocenters. The van der Waals surface area contributed by atoms with Crippen LogP contribution >= 0.6 is 0 Å². The highest BCUT2D eigenvalue weighted by Gasteiger charge is 2.26. The Bertz CT molecular complexity index is 524. The van der Waals surface area contributed by atoms with Gasteiger partial charge in [-0.15, -0.1) is 0 Å². The van der Waals surface area contributed by atoms with Crippen molar-refractivity contribution in [3.8, 4) is 11.5 Å². The normalized spacial score (nSPS) is 15.5. The van der Waals surface area contributed by atoms with Crippen LogP contribution in [0.4, 0.5) is 0 Å². The molecule has 1 amide bonds. The van der Waals surface area contributed by atoms with E-state index in [1.165, 1.54) is 5.56 Å². The Hall–Kier alpha value is -1.71. The van der Waals surface area contributed by atoms with Gasteiger partial charge in [0.05, 0.1) is 14.2 Å². The molecule has 1 saturated heterocycles. The first-order valence-corrected chi connectivity index (χ1v) is 9.61. The third-order valence-electron chi connectivity index (χ3n) is 5.51. The lowest BCUT2D eigenvalue weighted by Gasteiger charge is -2.34. The van der Waals surface area contributed by atoms with Crippen LogP contribution in [0.5, 0.6) is 11.5 Å². The van der Waals surface area contributed by atoms with Crippen molar-refractivity contribution in [3.05, 3.63) is 23.8 Å². The van der Waals surface area contributed by atoms with Gasteiger partial charge >= 0.3 is 0 Å². The molecule has 0 aliphatic carbocycles. The molecule has 4 nitrogen and oxygen atoms in total. The number of nitrogens with zero attached hydrogens (tertiary/aromatic N) is 1. The summed E-state index contributed by atoms with van der Waals surface area (Å²) in [5.41, 5.74) is 1.26. The Kier molecular flexibility index (Phi) is 7.60. The largest absolute Gasteiger partial charge is 0.497 e. The van der Waals surface area contributed by atoms with Gasteiger partial charge in [0, 0.05) is 25.1 Å². The molecule has 1 aromatic carbocycles. The lowest BCUT2D eigenvalue weighted by Crippen LogP contribution is -2.41. The van der Waals surface area contributed by atoms with Crippen LogP contribution < -0.4 is 9.47 Å². The van der Waals surface area contributed by atoms with Gasteiger partial charge in [-0.1, -0.05) is 13.8 Å². The Morgan fingerprint density at radius 3 is 2.12 bits per heavy atom. The topological polar surface area (TPSA) is 38.8 Å². The van der Waals surface area contributed by atoms with E-state index in [1.54, 1.807) is 14.2 Å². The number of amides is 1. The molecule has 140 valence electrons. The number of benzene rings is 1. The molecule has 1 fully saturated rings. The number of methoxy groups -OCH3 is 2. The molecule has 1 aliphatic heterocycles. The molecular formula is C21H33NO3. The van der Waals surface area contributed by atoms with Crippen LogP contribution in [0.15, 0.2) is 18.2 Å². The molecule has 0 N–H and O–H groups in total. The zero-order valence-electron chi connectivity index (χ0n) is 16.2. The molecular weight excluding hydrogens is 314 g/mol. The van der Waals surface area contributed by atoms with Gasteiger partial charge in [0.1, 0.15) is 11.5 Å². The van der Waals surface area contributed by atoms with Gasteiger partial charge in [0.25, 0.3) is 0 Å². The first-order valence-electron chi connectivity index (χ1n) is 9.61. The van der Waals surface area contributed by atoms with Gasteiger partial charge in [0.15, 0.2) is 0 Å². The van der Waals surface area contributed by atoms with Crippen molar-refractivity contribution in [2.24, 2.45) is 11.8 Å². The molecule has 0 spiro atoms. The van der Waals surface area contributed by atoms with Crippen LogP contribution in [0.2, 0.25) is 0 Å². The highest BCUT2D eigenvalue weighted by atomic mass is 16.5. The highest BCUT2D eigenvalue weighted by Crippen LogP contribution is 2.27. The third-order valence-corrected chi connectivity index (χ3v) is 5.51. The molecule has 25 heavy (non-hydrogen) atoms. The number of carbonyl (C=O) groups is 1. The van der Waals surface area contributed by atoms with Crippen molar-refractivity contribution in [1.29, 1.82) is 0 Å². The lowest BCUT2D eigenvalue weighted by atomic mass is 9.89. The maximum Gasteiger partial charge on any atom is 0.225 e. The Balaban J connectivity index is 1.83. The summed E-state index contributed by atoms with van der Waals surface area (Å²) >= 11 is 0. The summed E-state index contributed by atoms with van der Waals surface area (Å²) < 4.78 is 10.7. The molecule has 4 heteroatoms. The first kappa shape index (κ1) is 19.6. The molecule has 1 aliphatic rings. The number of ether oxygens (including phenoxy) is 2. The number of hydrogen-bond acceptors (Lipinski definition) is 3. The zero-order chi connectivity index (χ0) is 18.2. The van der Waals surface area contributed by atoms with Crippen molar-refractivity contribution in [2.75, 3.05) is 27.3 Å². The van der Waals surface area contributed by atoms with E-state index >= 15 is 0 Å². The second-order valence-corrected chi connectivity index (χ2v) is 7.04. The summed E-state index contributed by atoms with van der Waals surface area (Å²) in [7, 11) is 3.37. The predicted octanol–water partition coefficient (Wildman–Crippen LogP) is 4.31.